The van der Waals surface area contributed by atoms with Gasteiger partial charge in [0, 0.05) is 18.0 Å². The summed E-state index contributed by atoms with van der Waals surface area (Å²) < 4.78 is 16.2. The van der Waals surface area contributed by atoms with Crippen molar-refractivity contribution in [2.75, 3.05) is 19.5 Å². The van der Waals surface area contributed by atoms with E-state index in [-0.39, 0.29) is 11.8 Å². The number of rotatable bonds is 6. The van der Waals surface area contributed by atoms with Crippen molar-refractivity contribution in [1.29, 1.82) is 5.26 Å². The number of aryl methyl sites for hydroxylation is 1. The third-order valence-electron chi connectivity index (χ3n) is 4.21. The van der Waals surface area contributed by atoms with Crippen molar-refractivity contribution in [2.24, 2.45) is 0 Å². The molecule has 1 N–H and O–H groups in total. The van der Waals surface area contributed by atoms with Crippen LogP contribution in [0.3, 0.4) is 0 Å². The molecule has 0 saturated heterocycles. The fourth-order valence-corrected chi connectivity index (χ4v) is 2.68. The normalized spacial score (nSPS) is 10.0. The molecule has 146 valence electrons. The molecule has 7 heteroatoms. The van der Waals surface area contributed by atoms with Crippen LogP contribution in [0.15, 0.2) is 54.7 Å². The van der Waals surface area contributed by atoms with Crippen LogP contribution < -0.4 is 19.5 Å². The number of methoxy groups -OCH3 is 2. The largest absolute Gasteiger partial charge is 0.497 e. The zero-order valence-electron chi connectivity index (χ0n) is 16.2. The maximum absolute atomic E-state index is 12.7. The van der Waals surface area contributed by atoms with Gasteiger partial charge in [-0.3, -0.25) is 4.79 Å². The van der Waals surface area contributed by atoms with Gasteiger partial charge in [0.25, 0.3) is 5.91 Å². The molecule has 0 spiro atoms. The first-order valence-corrected chi connectivity index (χ1v) is 8.72. The number of aromatic nitrogens is 1. The van der Waals surface area contributed by atoms with Gasteiger partial charge in [0.05, 0.1) is 19.8 Å². The van der Waals surface area contributed by atoms with Crippen LogP contribution >= 0.6 is 0 Å². The number of nitrogens with zero attached hydrogens (tertiary/aromatic N) is 2. The number of pyridine rings is 1. The Bertz CT molecular complexity index is 1090. The van der Waals surface area contributed by atoms with E-state index in [0.717, 1.165) is 5.56 Å². The van der Waals surface area contributed by atoms with Gasteiger partial charge in [-0.05, 0) is 55.0 Å². The Labute approximate surface area is 168 Å². The number of hydrogen-bond donors (Lipinski definition) is 1. The van der Waals surface area contributed by atoms with Gasteiger partial charge in [-0.2, -0.15) is 5.26 Å². The van der Waals surface area contributed by atoms with Gasteiger partial charge in [0.2, 0.25) is 5.88 Å². The summed E-state index contributed by atoms with van der Waals surface area (Å²) >= 11 is 0. The van der Waals surface area contributed by atoms with E-state index in [1.54, 1.807) is 61.8 Å². The Balaban J connectivity index is 1.79. The molecular formula is C22H19N3O4. The van der Waals surface area contributed by atoms with Gasteiger partial charge in [0.1, 0.15) is 28.9 Å². The summed E-state index contributed by atoms with van der Waals surface area (Å²) in [4.78, 5) is 16.8. The third kappa shape index (κ3) is 4.45. The van der Waals surface area contributed by atoms with Crippen LogP contribution in [0.5, 0.6) is 23.1 Å². The minimum Gasteiger partial charge on any atom is -0.497 e. The van der Waals surface area contributed by atoms with Gasteiger partial charge in [0.15, 0.2) is 0 Å². The SMILES string of the molecule is COc1ccc(C(=O)Nc2ccc(Oc3ncccc3C#N)cc2C)c(OC)c1. The molecule has 0 aliphatic carbocycles. The Morgan fingerprint density at radius 2 is 1.86 bits per heavy atom. The van der Waals surface area contributed by atoms with E-state index in [0.29, 0.717) is 34.1 Å². The van der Waals surface area contributed by atoms with Gasteiger partial charge < -0.3 is 19.5 Å². The maximum Gasteiger partial charge on any atom is 0.259 e. The number of carbonyl (C=O) groups excluding carboxylic acids is 1. The van der Waals surface area contributed by atoms with Crippen LogP contribution in [0.2, 0.25) is 0 Å². The van der Waals surface area contributed by atoms with E-state index >= 15 is 0 Å². The second-order valence-corrected chi connectivity index (χ2v) is 6.07. The molecule has 7 nitrogen and oxygen atoms in total. The summed E-state index contributed by atoms with van der Waals surface area (Å²) in [5, 5.41) is 12.0. The van der Waals surface area contributed by atoms with Crippen LogP contribution in [-0.4, -0.2) is 25.1 Å². The van der Waals surface area contributed by atoms with E-state index in [9.17, 15) is 4.79 Å². The third-order valence-corrected chi connectivity index (χ3v) is 4.21. The molecule has 1 amide bonds. The van der Waals surface area contributed by atoms with Gasteiger partial charge >= 0.3 is 0 Å². The van der Waals surface area contributed by atoms with Crippen LogP contribution in [-0.2, 0) is 0 Å². The van der Waals surface area contributed by atoms with Crippen LogP contribution in [0.25, 0.3) is 0 Å². The highest BCUT2D eigenvalue weighted by atomic mass is 16.5. The van der Waals surface area contributed by atoms with Crippen molar-refractivity contribution >= 4 is 11.6 Å². The highest BCUT2D eigenvalue weighted by Crippen LogP contribution is 2.29. The first-order valence-electron chi connectivity index (χ1n) is 8.72. The fourth-order valence-electron chi connectivity index (χ4n) is 2.68. The highest BCUT2D eigenvalue weighted by molar-refractivity contribution is 6.06. The van der Waals surface area contributed by atoms with E-state index in [1.807, 2.05) is 13.0 Å². The topological polar surface area (TPSA) is 93.5 Å². The fraction of sp³-hybridized carbons (Fsp3) is 0.136. The van der Waals surface area contributed by atoms with Crippen molar-refractivity contribution in [1.82, 2.24) is 4.98 Å². The lowest BCUT2D eigenvalue weighted by Gasteiger charge is -2.13. The van der Waals surface area contributed by atoms with Crippen molar-refractivity contribution in [3.63, 3.8) is 0 Å². The number of benzene rings is 2. The number of carbonyl (C=O) groups is 1. The molecule has 0 atom stereocenters. The molecule has 3 rings (SSSR count). The van der Waals surface area contributed by atoms with Crippen LogP contribution in [0.4, 0.5) is 5.69 Å². The molecule has 0 radical (unpaired) electrons. The van der Waals surface area contributed by atoms with E-state index in [1.165, 1.54) is 7.11 Å². The van der Waals surface area contributed by atoms with Crippen LogP contribution in [0, 0.1) is 18.3 Å². The first kappa shape index (κ1) is 19.7. The summed E-state index contributed by atoms with van der Waals surface area (Å²) in [5.41, 5.74) is 2.15. The maximum atomic E-state index is 12.7. The second kappa shape index (κ2) is 8.76. The van der Waals surface area contributed by atoms with E-state index in [2.05, 4.69) is 10.3 Å². The average Bonchev–Trinajstić information content (AvgIpc) is 2.75. The minimum atomic E-state index is -0.308. The number of nitrogens with one attached hydrogen (secondary N) is 1. The van der Waals surface area contributed by atoms with Gasteiger partial charge in [-0.25, -0.2) is 4.98 Å². The molecule has 0 bridgehead atoms. The number of amides is 1. The lowest BCUT2D eigenvalue weighted by Crippen LogP contribution is -2.14. The number of nitriles is 1. The summed E-state index contributed by atoms with van der Waals surface area (Å²) in [6.45, 7) is 1.84. The molecule has 0 aliphatic rings. The number of ether oxygens (including phenoxy) is 3. The molecule has 0 unspecified atom stereocenters. The predicted molar refractivity (Wildman–Crippen MR) is 108 cm³/mol. The first-order chi connectivity index (χ1) is 14.0. The van der Waals surface area contributed by atoms with Gasteiger partial charge in [-0.15, -0.1) is 0 Å². The highest BCUT2D eigenvalue weighted by Gasteiger charge is 2.15. The molecule has 29 heavy (non-hydrogen) atoms. The van der Waals surface area contributed by atoms with Crippen molar-refractivity contribution < 1.29 is 19.0 Å². The Morgan fingerprint density at radius 3 is 2.55 bits per heavy atom. The minimum absolute atomic E-state index is 0.231. The second-order valence-electron chi connectivity index (χ2n) is 6.07. The predicted octanol–water partition coefficient (Wildman–Crippen LogP) is 4.32. The lowest BCUT2D eigenvalue weighted by atomic mass is 10.1. The number of hydrogen-bond acceptors (Lipinski definition) is 6. The molecule has 2 aromatic carbocycles. The van der Waals surface area contributed by atoms with Crippen molar-refractivity contribution in [3.8, 4) is 29.2 Å². The molecule has 3 aromatic rings. The smallest absolute Gasteiger partial charge is 0.259 e. The summed E-state index contributed by atoms with van der Waals surface area (Å²) in [5.74, 6) is 1.45. The monoisotopic (exact) mass is 389 g/mol. The zero-order chi connectivity index (χ0) is 20.8. The quantitative estimate of drug-likeness (QED) is 0.675. The van der Waals surface area contributed by atoms with E-state index in [4.69, 9.17) is 19.5 Å². The summed E-state index contributed by atoms with van der Waals surface area (Å²) in [6.07, 6.45) is 1.56. The van der Waals surface area contributed by atoms with Crippen molar-refractivity contribution in [2.45, 2.75) is 6.92 Å². The Hall–Kier alpha value is -4.05. The van der Waals surface area contributed by atoms with Gasteiger partial charge in [-0.1, -0.05) is 0 Å². The van der Waals surface area contributed by atoms with E-state index < -0.39 is 0 Å². The molecule has 1 heterocycles. The van der Waals surface area contributed by atoms with Crippen molar-refractivity contribution in [3.05, 3.63) is 71.4 Å². The zero-order valence-corrected chi connectivity index (χ0v) is 16.2. The standard InChI is InChI=1S/C22H19N3O4/c1-14-11-17(29-22-15(13-23)5-4-10-24-22)7-9-19(14)25-21(26)18-8-6-16(27-2)12-20(18)28-3/h4-12H,1-3H3,(H,25,26). The molecular weight excluding hydrogens is 370 g/mol. The number of anilines is 1. The lowest BCUT2D eigenvalue weighted by molar-refractivity contribution is 0.102. The summed E-state index contributed by atoms with van der Waals surface area (Å²) in [7, 11) is 3.04. The average molecular weight is 389 g/mol. The van der Waals surface area contributed by atoms with Crippen LogP contribution in [0.1, 0.15) is 21.5 Å². The Kier molecular flexibility index (Phi) is 5.95. The summed E-state index contributed by atoms with van der Waals surface area (Å²) in [6, 6.07) is 15.5. The Morgan fingerprint density at radius 1 is 1.07 bits per heavy atom. The molecule has 0 aliphatic heterocycles. The molecule has 0 saturated carbocycles. The molecule has 0 fully saturated rings. The molecule has 1 aromatic heterocycles.